The Labute approximate surface area is 147 Å². The molecule has 0 bridgehead atoms. The molecule has 3 aliphatic rings. The van der Waals surface area contributed by atoms with Gasteiger partial charge in [-0.1, -0.05) is 48.5 Å². The molecule has 2 aromatic rings. The topological polar surface area (TPSA) is 49.8 Å². The summed E-state index contributed by atoms with van der Waals surface area (Å²) in [6.45, 7) is 1.56. The normalized spacial score (nSPS) is 26.6. The van der Waals surface area contributed by atoms with Gasteiger partial charge in [-0.15, -0.1) is 0 Å². The van der Waals surface area contributed by atoms with E-state index in [0.29, 0.717) is 26.1 Å². The molecule has 25 heavy (non-hydrogen) atoms. The summed E-state index contributed by atoms with van der Waals surface area (Å²) >= 11 is 0. The van der Waals surface area contributed by atoms with Gasteiger partial charge in [0.25, 0.3) is 0 Å². The number of nitrogens with zero attached hydrogens (tertiary/aromatic N) is 1. The maximum atomic E-state index is 12.5. The van der Waals surface area contributed by atoms with Crippen LogP contribution in [0.1, 0.15) is 29.9 Å². The summed E-state index contributed by atoms with van der Waals surface area (Å²) < 4.78 is 5.68. The number of aliphatic hydroxyl groups is 1. The van der Waals surface area contributed by atoms with Crippen molar-refractivity contribution < 1.29 is 14.6 Å². The molecular weight excluding hydrogens is 314 g/mol. The molecule has 4 heteroatoms. The van der Waals surface area contributed by atoms with Crippen LogP contribution in [0.3, 0.4) is 0 Å². The molecule has 0 radical (unpaired) electrons. The molecule has 5 rings (SSSR count). The largest absolute Gasteiger partial charge is 0.448 e. The molecule has 1 N–H and O–H groups in total. The van der Waals surface area contributed by atoms with Gasteiger partial charge < -0.3 is 14.7 Å². The first kappa shape index (κ1) is 15.0. The van der Waals surface area contributed by atoms with Gasteiger partial charge in [-0.05, 0) is 35.1 Å². The second kappa shape index (κ2) is 5.33. The Morgan fingerprint density at radius 1 is 1.12 bits per heavy atom. The van der Waals surface area contributed by atoms with Crippen LogP contribution in [-0.2, 0) is 4.74 Å². The third-order valence-electron chi connectivity index (χ3n) is 6.05. The predicted octanol–water partition coefficient (Wildman–Crippen LogP) is 3.39. The molecule has 1 aliphatic heterocycles. The fourth-order valence-electron chi connectivity index (χ4n) is 4.45. The quantitative estimate of drug-likeness (QED) is 0.915. The van der Waals surface area contributed by atoms with Gasteiger partial charge >= 0.3 is 6.09 Å². The second-order valence-corrected chi connectivity index (χ2v) is 7.50. The summed E-state index contributed by atoms with van der Waals surface area (Å²) in [5, 5.41) is 10.1. The van der Waals surface area contributed by atoms with E-state index in [0.717, 1.165) is 6.42 Å². The number of ether oxygens (including phenoxy) is 1. The van der Waals surface area contributed by atoms with Crippen molar-refractivity contribution in [3.8, 4) is 11.1 Å². The average Bonchev–Trinajstić information content (AvgIpc) is 3.22. The highest BCUT2D eigenvalue weighted by molar-refractivity contribution is 5.79. The highest BCUT2D eigenvalue weighted by Crippen LogP contribution is 2.49. The average molecular weight is 335 g/mol. The second-order valence-electron chi connectivity index (χ2n) is 7.50. The monoisotopic (exact) mass is 335 g/mol. The summed E-state index contributed by atoms with van der Waals surface area (Å²) in [7, 11) is 0. The smallest absolute Gasteiger partial charge is 0.409 e. The Balaban J connectivity index is 1.32. The summed E-state index contributed by atoms with van der Waals surface area (Å²) in [5.41, 5.74) is 4.43. The van der Waals surface area contributed by atoms with Crippen molar-refractivity contribution in [2.45, 2.75) is 24.4 Å². The molecule has 2 atom stereocenters. The van der Waals surface area contributed by atoms with Crippen molar-refractivity contribution in [1.82, 2.24) is 4.90 Å². The van der Waals surface area contributed by atoms with E-state index in [1.807, 2.05) is 12.1 Å². The highest BCUT2D eigenvalue weighted by atomic mass is 16.6. The maximum absolute atomic E-state index is 12.5. The van der Waals surface area contributed by atoms with Crippen molar-refractivity contribution >= 4 is 6.09 Å². The van der Waals surface area contributed by atoms with E-state index in [9.17, 15) is 9.90 Å². The molecule has 1 saturated heterocycles. The van der Waals surface area contributed by atoms with Gasteiger partial charge in [-0.25, -0.2) is 4.79 Å². The van der Waals surface area contributed by atoms with Gasteiger partial charge in [0.2, 0.25) is 0 Å². The number of benzene rings is 2. The minimum Gasteiger partial charge on any atom is -0.448 e. The zero-order chi connectivity index (χ0) is 17.0. The Kier molecular flexibility index (Phi) is 3.19. The molecule has 128 valence electrons. The van der Waals surface area contributed by atoms with Gasteiger partial charge in [-0.3, -0.25) is 0 Å². The Hall–Kier alpha value is -2.33. The minimum absolute atomic E-state index is 0.0963. The molecule has 2 fully saturated rings. The molecule has 2 aliphatic carbocycles. The lowest BCUT2D eigenvalue weighted by atomic mass is 9.98. The molecule has 0 aromatic heterocycles. The van der Waals surface area contributed by atoms with E-state index in [4.69, 9.17) is 4.74 Å². The third kappa shape index (κ3) is 2.35. The molecule has 1 amide bonds. The zero-order valence-electron chi connectivity index (χ0n) is 14.0. The number of fused-ring (bicyclic) bond motifs is 4. The van der Waals surface area contributed by atoms with Gasteiger partial charge in [0, 0.05) is 24.9 Å². The zero-order valence-corrected chi connectivity index (χ0v) is 14.0. The summed E-state index contributed by atoms with van der Waals surface area (Å²) in [6.07, 6.45) is 1.23. The van der Waals surface area contributed by atoms with Gasteiger partial charge in [0.1, 0.15) is 6.61 Å². The third-order valence-corrected chi connectivity index (χ3v) is 6.05. The van der Waals surface area contributed by atoms with Crippen molar-refractivity contribution in [3.63, 3.8) is 0 Å². The lowest BCUT2D eigenvalue weighted by molar-refractivity contribution is 0.0488. The number of carbonyl (C=O) groups excluding carboxylic acids is 1. The standard InChI is InChI=1S/C21H21NO3/c23-20(22-10-9-21(24)11-14(21)12-22)25-13-19-17-7-3-1-5-15(17)16-6-2-4-8-18(16)19/h1-8,14,19,24H,9-13H2/t14-,21+/m0/s1. The number of likely N-dealkylation sites (tertiary alicyclic amines) is 1. The lowest BCUT2D eigenvalue weighted by Crippen LogP contribution is -2.41. The van der Waals surface area contributed by atoms with Gasteiger partial charge in [-0.2, -0.15) is 0 Å². The SMILES string of the molecule is O=C(OCC1c2ccccc2-c2ccccc21)N1CC[C@@]2(O)C[C@H]2C1. The molecule has 1 saturated carbocycles. The number of hydrogen-bond donors (Lipinski definition) is 1. The van der Waals surface area contributed by atoms with E-state index in [1.54, 1.807) is 4.90 Å². The van der Waals surface area contributed by atoms with Crippen LogP contribution in [0.2, 0.25) is 0 Å². The lowest BCUT2D eigenvalue weighted by Gasteiger charge is -2.29. The van der Waals surface area contributed by atoms with E-state index in [-0.39, 0.29) is 17.9 Å². The van der Waals surface area contributed by atoms with Crippen molar-refractivity contribution in [1.29, 1.82) is 0 Å². The molecule has 0 spiro atoms. The van der Waals surface area contributed by atoms with Crippen LogP contribution < -0.4 is 0 Å². The fraction of sp³-hybridized carbons (Fsp3) is 0.381. The molecule has 4 nitrogen and oxygen atoms in total. The Morgan fingerprint density at radius 2 is 1.76 bits per heavy atom. The maximum Gasteiger partial charge on any atom is 0.409 e. The Morgan fingerprint density at radius 3 is 2.40 bits per heavy atom. The van der Waals surface area contributed by atoms with Crippen LogP contribution in [0, 0.1) is 5.92 Å². The number of piperidine rings is 1. The van der Waals surface area contributed by atoms with Crippen molar-refractivity contribution in [3.05, 3.63) is 59.7 Å². The predicted molar refractivity (Wildman–Crippen MR) is 94.3 cm³/mol. The van der Waals surface area contributed by atoms with Crippen LogP contribution in [0.25, 0.3) is 11.1 Å². The molecule has 0 unspecified atom stereocenters. The molecule has 2 aromatic carbocycles. The van der Waals surface area contributed by atoms with Crippen molar-refractivity contribution in [2.75, 3.05) is 19.7 Å². The van der Waals surface area contributed by atoms with Crippen LogP contribution in [-0.4, -0.2) is 41.4 Å². The first-order valence-corrected chi connectivity index (χ1v) is 8.98. The first-order chi connectivity index (χ1) is 12.2. The summed E-state index contributed by atoms with van der Waals surface area (Å²) in [5.74, 6) is 0.334. The number of rotatable bonds is 2. The van der Waals surface area contributed by atoms with Crippen molar-refractivity contribution in [2.24, 2.45) is 5.92 Å². The van der Waals surface area contributed by atoms with Gasteiger partial charge in [0.05, 0.1) is 5.60 Å². The summed E-state index contributed by atoms with van der Waals surface area (Å²) in [6, 6.07) is 16.7. The minimum atomic E-state index is -0.500. The van der Waals surface area contributed by atoms with Gasteiger partial charge in [0.15, 0.2) is 0 Å². The summed E-state index contributed by atoms with van der Waals surface area (Å²) in [4.78, 5) is 14.2. The van der Waals surface area contributed by atoms with E-state index >= 15 is 0 Å². The highest BCUT2D eigenvalue weighted by Gasteiger charge is 2.56. The number of amides is 1. The van der Waals surface area contributed by atoms with Crippen LogP contribution in [0.15, 0.2) is 48.5 Å². The Bertz CT molecular complexity index is 803. The van der Waals surface area contributed by atoms with Crippen LogP contribution >= 0.6 is 0 Å². The van der Waals surface area contributed by atoms with Crippen LogP contribution in [0.5, 0.6) is 0 Å². The fourth-order valence-corrected chi connectivity index (χ4v) is 4.45. The molecule has 1 heterocycles. The number of hydrogen-bond acceptors (Lipinski definition) is 3. The molecular formula is C21H21NO3. The van der Waals surface area contributed by atoms with E-state index in [1.165, 1.54) is 22.3 Å². The number of carbonyl (C=O) groups is 1. The van der Waals surface area contributed by atoms with Crippen LogP contribution in [0.4, 0.5) is 4.79 Å². The van der Waals surface area contributed by atoms with E-state index in [2.05, 4.69) is 36.4 Å². The first-order valence-electron chi connectivity index (χ1n) is 8.98. The van der Waals surface area contributed by atoms with E-state index < -0.39 is 5.60 Å².